The molecule has 17 heavy (non-hydrogen) atoms. The molecular formula is C14H14N2O. The van der Waals surface area contributed by atoms with Crippen LogP contribution in [0.2, 0.25) is 0 Å². The van der Waals surface area contributed by atoms with Crippen LogP contribution in [0.25, 0.3) is 0 Å². The summed E-state index contributed by atoms with van der Waals surface area (Å²) < 4.78 is 0. The quantitative estimate of drug-likeness (QED) is 0.813. The SMILES string of the molecule is CN(C=O)c1ccccc1Nc1ccccc1. The van der Waals surface area contributed by atoms with Gasteiger partial charge in [0.05, 0.1) is 11.4 Å². The Hall–Kier alpha value is -2.29. The molecule has 0 heterocycles. The molecule has 2 aromatic rings. The molecule has 0 unspecified atom stereocenters. The number of rotatable bonds is 4. The van der Waals surface area contributed by atoms with Crippen molar-refractivity contribution in [3.8, 4) is 0 Å². The zero-order valence-electron chi connectivity index (χ0n) is 9.63. The smallest absolute Gasteiger partial charge is 0.213 e. The fraction of sp³-hybridized carbons (Fsp3) is 0.0714. The Morgan fingerprint density at radius 3 is 2.35 bits per heavy atom. The molecule has 0 aliphatic rings. The van der Waals surface area contributed by atoms with Gasteiger partial charge in [0.1, 0.15) is 0 Å². The van der Waals surface area contributed by atoms with E-state index in [-0.39, 0.29) is 0 Å². The molecular weight excluding hydrogens is 212 g/mol. The van der Waals surface area contributed by atoms with Gasteiger partial charge in [0.25, 0.3) is 0 Å². The number of para-hydroxylation sites is 3. The summed E-state index contributed by atoms with van der Waals surface area (Å²) in [7, 11) is 1.73. The van der Waals surface area contributed by atoms with E-state index in [1.165, 1.54) is 0 Å². The number of amides is 1. The molecule has 0 aliphatic heterocycles. The van der Waals surface area contributed by atoms with E-state index >= 15 is 0 Å². The highest BCUT2D eigenvalue weighted by molar-refractivity contribution is 5.84. The van der Waals surface area contributed by atoms with E-state index in [2.05, 4.69) is 5.32 Å². The molecule has 0 atom stereocenters. The topological polar surface area (TPSA) is 32.3 Å². The van der Waals surface area contributed by atoms with Crippen molar-refractivity contribution in [3.63, 3.8) is 0 Å². The van der Waals surface area contributed by atoms with Crippen molar-refractivity contribution in [1.82, 2.24) is 0 Å². The molecule has 0 radical (unpaired) electrons. The minimum absolute atomic E-state index is 0.797. The summed E-state index contributed by atoms with van der Waals surface area (Å²) in [4.78, 5) is 12.4. The second-order valence-electron chi connectivity index (χ2n) is 3.72. The summed E-state index contributed by atoms with van der Waals surface area (Å²) in [6.07, 6.45) is 0.797. The Kier molecular flexibility index (Phi) is 3.40. The molecule has 3 nitrogen and oxygen atoms in total. The van der Waals surface area contributed by atoms with Gasteiger partial charge in [-0.15, -0.1) is 0 Å². The van der Waals surface area contributed by atoms with Crippen molar-refractivity contribution < 1.29 is 4.79 Å². The van der Waals surface area contributed by atoms with Gasteiger partial charge in [-0.05, 0) is 24.3 Å². The van der Waals surface area contributed by atoms with Gasteiger partial charge in [0.15, 0.2) is 0 Å². The number of nitrogens with zero attached hydrogens (tertiary/aromatic N) is 1. The van der Waals surface area contributed by atoms with E-state index in [1.54, 1.807) is 11.9 Å². The largest absolute Gasteiger partial charge is 0.354 e. The predicted octanol–water partition coefficient (Wildman–Crippen LogP) is 3.02. The number of hydrogen-bond acceptors (Lipinski definition) is 2. The molecule has 0 spiro atoms. The van der Waals surface area contributed by atoms with Crippen LogP contribution in [0.3, 0.4) is 0 Å². The van der Waals surface area contributed by atoms with Crippen LogP contribution in [-0.4, -0.2) is 13.5 Å². The van der Waals surface area contributed by atoms with Gasteiger partial charge >= 0.3 is 0 Å². The Labute approximate surface area is 101 Å². The Morgan fingerprint density at radius 1 is 1.00 bits per heavy atom. The van der Waals surface area contributed by atoms with E-state index in [0.717, 1.165) is 23.5 Å². The normalized spacial score (nSPS) is 9.71. The zero-order chi connectivity index (χ0) is 12.1. The lowest BCUT2D eigenvalue weighted by molar-refractivity contribution is -0.107. The first kappa shape index (κ1) is 11.2. The van der Waals surface area contributed by atoms with E-state index < -0.39 is 0 Å². The van der Waals surface area contributed by atoms with Gasteiger partial charge in [-0.1, -0.05) is 30.3 Å². The summed E-state index contributed by atoms with van der Waals surface area (Å²) >= 11 is 0. The Bertz CT molecular complexity index is 497. The molecule has 0 aromatic heterocycles. The molecule has 0 fully saturated rings. The van der Waals surface area contributed by atoms with Crippen LogP contribution >= 0.6 is 0 Å². The van der Waals surface area contributed by atoms with Crippen molar-refractivity contribution in [2.45, 2.75) is 0 Å². The molecule has 0 saturated carbocycles. The van der Waals surface area contributed by atoms with Crippen LogP contribution < -0.4 is 10.2 Å². The number of carbonyl (C=O) groups excluding carboxylic acids is 1. The van der Waals surface area contributed by atoms with Crippen LogP contribution in [0.15, 0.2) is 54.6 Å². The van der Waals surface area contributed by atoms with E-state index in [0.29, 0.717) is 0 Å². The van der Waals surface area contributed by atoms with Crippen LogP contribution in [0.4, 0.5) is 17.1 Å². The van der Waals surface area contributed by atoms with Gasteiger partial charge in [-0.3, -0.25) is 4.79 Å². The molecule has 1 amide bonds. The molecule has 0 saturated heterocycles. The number of hydrogen-bond donors (Lipinski definition) is 1. The van der Waals surface area contributed by atoms with Gasteiger partial charge in [-0.2, -0.15) is 0 Å². The second-order valence-corrected chi connectivity index (χ2v) is 3.72. The molecule has 0 bridgehead atoms. The molecule has 1 N–H and O–H groups in total. The standard InChI is InChI=1S/C14H14N2O/c1-16(11-17)14-10-6-5-9-13(14)15-12-7-3-2-4-8-12/h2-11,15H,1H3. The van der Waals surface area contributed by atoms with Crippen molar-refractivity contribution in [3.05, 3.63) is 54.6 Å². The highest BCUT2D eigenvalue weighted by Gasteiger charge is 2.05. The zero-order valence-corrected chi connectivity index (χ0v) is 9.63. The van der Waals surface area contributed by atoms with Crippen molar-refractivity contribution in [2.24, 2.45) is 0 Å². The minimum Gasteiger partial charge on any atom is -0.354 e. The van der Waals surface area contributed by atoms with Gasteiger partial charge in [-0.25, -0.2) is 0 Å². The molecule has 2 rings (SSSR count). The maximum absolute atomic E-state index is 10.8. The number of nitrogens with one attached hydrogen (secondary N) is 1. The average molecular weight is 226 g/mol. The summed E-state index contributed by atoms with van der Waals surface area (Å²) in [5, 5.41) is 3.29. The second kappa shape index (κ2) is 5.16. The molecule has 0 aliphatic carbocycles. The number of anilines is 3. The van der Waals surface area contributed by atoms with Crippen molar-refractivity contribution >= 4 is 23.5 Å². The minimum atomic E-state index is 0.797. The van der Waals surface area contributed by atoms with Gasteiger partial charge < -0.3 is 10.2 Å². The predicted molar refractivity (Wildman–Crippen MR) is 70.6 cm³/mol. The Morgan fingerprint density at radius 2 is 1.65 bits per heavy atom. The van der Waals surface area contributed by atoms with E-state index in [1.807, 2.05) is 54.6 Å². The van der Waals surface area contributed by atoms with Gasteiger partial charge in [0, 0.05) is 12.7 Å². The summed E-state index contributed by atoms with van der Waals surface area (Å²) in [5.41, 5.74) is 2.76. The maximum Gasteiger partial charge on any atom is 0.213 e. The maximum atomic E-state index is 10.8. The van der Waals surface area contributed by atoms with Crippen LogP contribution in [0, 0.1) is 0 Å². The first-order valence-electron chi connectivity index (χ1n) is 5.40. The summed E-state index contributed by atoms with van der Waals surface area (Å²) in [6, 6.07) is 17.6. The monoisotopic (exact) mass is 226 g/mol. The third-order valence-corrected chi connectivity index (χ3v) is 2.49. The van der Waals surface area contributed by atoms with Crippen LogP contribution in [0.1, 0.15) is 0 Å². The third kappa shape index (κ3) is 2.64. The van der Waals surface area contributed by atoms with Crippen molar-refractivity contribution in [1.29, 1.82) is 0 Å². The first-order valence-corrected chi connectivity index (χ1v) is 5.40. The fourth-order valence-corrected chi connectivity index (χ4v) is 1.62. The number of carbonyl (C=O) groups is 1. The average Bonchev–Trinajstić information content (AvgIpc) is 2.40. The van der Waals surface area contributed by atoms with E-state index in [9.17, 15) is 4.79 Å². The molecule has 86 valence electrons. The molecule has 2 aromatic carbocycles. The molecule has 3 heteroatoms. The lowest BCUT2D eigenvalue weighted by Gasteiger charge is -2.17. The lowest BCUT2D eigenvalue weighted by Crippen LogP contribution is -2.15. The summed E-state index contributed by atoms with van der Waals surface area (Å²) in [5.74, 6) is 0. The number of benzene rings is 2. The fourth-order valence-electron chi connectivity index (χ4n) is 1.62. The van der Waals surface area contributed by atoms with Gasteiger partial charge in [0.2, 0.25) is 6.41 Å². The van der Waals surface area contributed by atoms with Crippen molar-refractivity contribution in [2.75, 3.05) is 17.3 Å². The van der Waals surface area contributed by atoms with Crippen LogP contribution in [-0.2, 0) is 4.79 Å². The van der Waals surface area contributed by atoms with E-state index in [4.69, 9.17) is 0 Å². The highest BCUT2D eigenvalue weighted by Crippen LogP contribution is 2.26. The summed E-state index contributed by atoms with van der Waals surface area (Å²) in [6.45, 7) is 0. The first-order chi connectivity index (χ1) is 8.31. The van der Waals surface area contributed by atoms with Crippen LogP contribution in [0.5, 0.6) is 0 Å². The Balaban J connectivity index is 2.30. The highest BCUT2D eigenvalue weighted by atomic mass is 16.1. The lowest BCUT2D eigenvalue weighted by atomic mass is 10.2. The third-order valence-electron chi connectivity index (χ3n) is 2.49.